The van der Waals surface area contributed by atoms with Gasteiger partial charge in [0.15, 0.2) is 0 Å². The maximum atomic E-state index is 11.0. The van der Waals surface area contributed by atoms with Crippen molar-refractivity contribution in [1.29, 1.82) is 0 Å². The molecule has 0 spiro atoms. The van der Waals surface area contributed by atoms with Gasteiger partial charge in [-0.1, -0.05) is 32.9 Å². The number of hydrogen-bond donors (Lipinski definition) is 1. The molecule has 0 saturated carbocycles. The molecule has 0 heterocycles. The first-order chi connectivity index (χ1) is 7.63. The summed E-state index contributed by atoms with van der Waals surface area (Å²) in [5.41, 5.74) is 1.39. The minimum absolute atomic E-state index is 0.130. The van der Waals surface area contributed by atoms with E-state index < -0.39 is 10.7 Å². The highest BCUT2D eigenvalue weighted by Crippen LogP contribution is 2.33. The Morgan fingerprint density at radius 1 is 1.06 bits per heavy atom. The highest BCUT2D eigenvalue weighted by molar-refractivity contribution is 8.01. The number of carbonyl (C=O) groups is 1. The van der Waals surface area contributed by atoms with Crippen LogP contribution >= 0.6 is 11.8 Å². The molecule has 1 rings (SSSR count). The van der Waals surface area contributed by atoms with Gasteiger partial charge in [0, 0.05) is 4.90 Å². The first-order valence-corrected chi connectivity index (χ1v) is 6.47. The Balaban J connectivity index is 2.86. The summed E-state index contributed by atoms with van der Waals surface area (Å²) in [6.07, 6.45) is 0. The SMILES string of the molecule is CC(C)(Sc1ccc(C(C)(C)C)cc1)C(=O)O. The highest BCUT2D eigenvalue weighted by Gasteiger charge is 2.28. The van der Waals surface area contributed by atoms with E-state index in [1.165, 1.54) is 17.3 Å². The van der Waals surface area contributed by atoms with Crippen LogP contribution in [0, 0.1) is 0 Å². The quantitative estimate of drug-likeness (QED) is 0.828. The van der Waals surface area contributed by atoms with E-state index in [4.69, 9.17) is 5.11 Å². The Kier molecular flexibility index (Phi) is 3.92. The van der Waals surface area contributed by atoms with E-state index in [0.717, 1.165) is 4.90 Å². The first-order valence-electron chi connectivity index (χ1n) is 5.66. The van der Waals surface area contributed by atoms with Crippen molar-refractivity contribution in [2.75, 3.05) is 0 Å². The molecule has 0 aliphatic rings. The summed E-state index contributed by atoms with van der Waals surface area (Å²) < 4.78 is -0.788. The first kappa shape index (κ1) is 14.1. The molecule has 0 aliphatic heterocycles. The minimum atomic E-state index is -0.789. The topological polar surface area (TPSA) is 37.3 Å². The van der Waals surface area contributed by atoms with Crippen LogP contribution in [0.5, 0.6) is 0 Å². The monoisotopic (exact) mass is 252 g/mol. The summed E-state index contributed by atoms with van der Waals surface area (Å²) in [6, 6.07) is 8.13. The molecule has 0 fully saturated rings. The molecule has 1 aromatic carbocycles. The Morgan fingerprint density at radius 2 is 1.53 bits per heavy atom. The Bertz CT molecular complexity index is 399. The molecule has 0 atom stereocenters. The largest absolute Gasteiger partial charge is 0.480 e. The van der Waals surface area contributed by atoms with Crippen molar-refractivity contribution >= 4 is 17.7 Å². The van der Waals surface area contributed by atoms with E-state index >= 15 is 0 Å². The predicted octanol–water partition coefficient (Wildman–Crippen LogP) is 3.94. The maximum Gasteiger partial charge on any atom is 0.319 e. The van der Waals surface area contributed by atoms with Crippen molar-refractivity contribution in [3.63, 3.8) is 0 Å². The summed E-state index contributed by atoms with van der Waals surface area (Å²) in [7, 11) is 0. The molecule has 0 aromatic heterocycles. The van der Waals surface area contributed by atoms with Crippen LogP contribution in [0.25, 0.3) is 0 Å². The second kappa shape index (κ2) is 4.73. The predicted molar refractivity (Wildman–Crippen MR) is 72.7 cm³/mol. The van der Waals surface area contributed by atoms with Gasteiger partial charge in [-0.25, -0.2) is 0 Å². The molecule has 1 aromatic rings. The smallest absolute Gasteiger partial charge is 0.319 e. The Morgan fingerprint density at radius 3 is 1.88 bits per heavy atom. The van der Waals surface area contributed by atoms with E-state index in [2.05, 4.69) is 32.9 Å². The summed E-state index contributed by atoms with van der Waals surface area (Å²) in [5, 5.41) is 9.07. The van der Waals surface area contributed by atoms with Gasteiger partial charge in [0.1, 0.15) is 4.75 Å². The number of hydrogen-bond acceptors (Lipinski definition) is 2. The number of rotatable bonds is 3. The zero-order chi connectivity index (χ0) is 13.3. The molecule has 3 heteroatoms. The second-order valence-electron chi connectivity index (χ2n) is 5.69. The molecule has 1 N–H and O–H groups in total. The molecule has 0 saturated heterocycles. The van der Waals surface area contributed by atoms with Crippen molar-refractivity contribution in [3.05, 3.63) is 29.8 Å². The summed E-state index contributed by atoms with van der Waals surface area (Å²) in [4.78, 5) is 12.0. The fourth-order valence-electron chi connectivity index (χ4n) is 1.36. The van der Waals surface area contributed by atoms with E-state index in [1.54, 1.807) is 13.8 Å². The fraction of sp³-hybridized carbons (Fsp3) is 0.500. The van der Waals surface area contributed by atoms with Gasteiger partial charge in [-0.2, -0.15) is 0 Å². The van der Waals surface area contributed by atoms with Gasteiger partial charge >= 0.3 is 5.97 Å². The van der Waals surface area contributed by atoms with Crippen molar-refractivity contribution in [2.24, 2.45) is 0 Å². The standard InChI is InChI=1S/C14H20O2S/c1-13(2,3)10-6-8-11(9-7-10)17-14(4,5)12(15)16/h6-9H,1-5H3,(H,15,16). The van der Waals surface area contributed by atoms with Crippen LogP contribution in [0.4, 0.5) is 0 Å². The third-order valence-corrected chi connectivity index (χ3v) is 3.80. The van der Waals surface area contributed by atoms with Crippen molar-refractivity contribution in [3.8, 4) is 0 Å². The lowest BCUT2D eigenvalue weighted by atomic mass is 9.87. The van der Waals surface area contributed by atoms with Crippen LogP contribution in [0.15, 0.2) is 29.2 Å². The summed E-state index contributed by atoms with van der Waals surface area (Å²) in [5.74, 6) is -0.789. The van der Waals surface area contributed by atoms with Crippen LogP contribution in [0.1, 0.15) is 40.2 Å². The van der Waals surface area contributed by atoms with E-state index in [-0.39, 0.29) is 5.41 Å². The molecule has 2 nitrogen and oxygen atoms in total. The lowest BCUT2D eigenvalue weighted by Crippen LogP contribution is -2.26. The van der Waals surface area contributed by atoms with Crippen molar-refractivity contribution < 1.29 is 9.90 Å². The van der Waals surface area contributed by atoms with Crippen LogP contribution in [0.3, 0.4) is 0 Å². The van der Waals surface area contributed by atoms with Crippen LogP contribution in [0.2, 0.25) is 0 Å². The van der Waals surface area contributed by atoms with Crippen LogP contribution in [-0.2, 0) is 10.2 Å². The normalized spacial score (nSPS) is 12.5. The van der Waals surface area contributed by atoms with E-state index in [1.807, 2.05) is 12.1 Å². The van der Waals surface area contributed by atoms with E-state index in [9.17, 15) is 4.79 Å². The third kappa shape index (κ3) is 3.77. The van der Waals surface area contributed by atoms with Gasteiger partial charge in [0.25, 0.3) is 0 Å². The average Bonchev–Trinajstić information content (AvgIpc) is 2.16. The average molecular weight is 252 g/mol. The molecule has 94 valence electrons. The van der Waals surface area contributed by atoms with Gasteiger partial charge in [0.2, 0.25) is 0 Å². The molecule has 0 unspecified atom stereocenters. The molecule has 0 bridgehead atoms. The van der Waals surface area contributed by atoms with Crippen LogP contribution in [-0.4, -0.2) is 15.8 Å². The molecular weight excluding hydrogens is 232 g/mol. The molecule has 0 amide bonds. The number of benzene rings is 1. The van der Waals surface area contributed by atoms with E-state index in [0.29, 0.717) is 0 Å². The number of carboxylic acids is 1. The summed E-state index contributed by atoms with van der Waals surface area (Å²) in [6.45, 7) is 9.93. The van der Waals surface area contributed by atoms with Gasteiger partial charge < -0.3 is 5.11 Å². The van der Waals surface area contributed by atoms with Crippen LogP contribution < -0.4 is 0 Å². The number of aliphatic carboxylic acids is 1. The molecule has 17 heavy (non-hydrogen) atoms. The van der Waals surface area contributed by atoms with Crippen molar-refractivity contribution in [1.82, 2.24) is 0 Å². The molecular formula is C14H20O2S. The number of carboxylic acid groups (broad SMARTS) is 1. The fourth-order valence-corrected chi connectivity index (χ4v) is 2.31. The third-order valence-electron chi connectivity index (χ3n) is 2.61. The van der Waals surface area contributed by atoms with Gasteiger partial charge in [-0.3, -0.25) is 4.79 Å². The van der Waals surface area contributed by atoms with Crippen molar-refractivity contribution in [2.45, 2.75) is 49.7 Å². The molecule has 0 aliphatic carbocycles. The highest BCUT2D eigenvalue weighted by atomic mass is 32.2. The molecule has 0 radical (unpaired) electrons. The zero-order valence-electron chi connectivity index (χ0n) is 11.1. The Hall–Kier alpha value is -0.960. The lowest BCUT2D eigenvalue weighted by Gasteiger charge is -2.21. The second-order valence-corrected chi connectivity index (χ2v) is 7.39. The minimum Gasteiger partial charge on any atom is -0.480 e. The Labute approximate surface area is 107 Å². The maximum absolute atomic E-state index is 11.0. The zero-order valence-corrected chi connectivity index (χ0v) is 11.9. The summed E-state index contributed by atoms with van der Waals surface area (Å²) >= 11 is 1.37. The van der Waals surface area contributed by atoms with Gasteiger partial charge in [0.05, 0.1) is 0 Å². The van der Waals surface area contributed by atoms with Gasteiger partial charge in [-0.15, -0.1) is 11.8 Å². The number of thioether (sulfide) groups is 1. The van der Waals surface area contributed by atoms with Gasteiger partial charge in [-0.05, 0) is 37.0 Å². The lowest BCUT2D eigenvalue weighted by molar-refractivity contribution is -0.138.